The Morgan fingerprint density at radius 2 is 1.97 bits per heavy atom. The van der Waals surface area contributed by atoms with Crippen LogP contribution in [-0.4, -0.2) is 54.8 Å². The molecule has 12 heteroatoms. The minimum absolute atomic E-state index is 0.128. The van der Waals surface area contributed by atoms with Gasteiger partial charge in [0.2, 0.25) is 5.95 Å². The number of halogens is 5. The molecule has 4 rings (SSSR count). The summed E-state index contributed by atoms with van der Waals surface area (Å²) in [6.45, 7) is 1.28. The second kappa shape index (κ2) is 11.3. The number of likely N-dealkylation sites (N-methyl/N-ethyl adjacent to an activating group) is 1. The predicted octanol–water partition coefficient (Wildman–Crippen LogP) is 5.08. The lowest BCUT2D eigenvalue weighted by molar-refractivity contribution is -0.137. The Hall–Kier alpha value is -2.82. The molecule has 3 aromatic rings. The average Bonchev–Trinajstić information content (AvgIpc) is 3.03. The zero-order chi connectivity index (χ0) is 26.7. The molecule has 1 aromatic carbocycles. The van der Waals surface area contributed by atoms with Crippen molar-refractivity contribution in [1.29, 1.82) is 0 Å². The van der Waals surface area contributed by atoms with Gasteiger partial charge in [0.05, 0.1) is 27.9 Å². The van der Waals surface area contributed by atoms with Crippen molar-refractivity contribution >= 4 is 40.8 Å². The fourth-order valence-electron chi connectivity index (χ4n) is 4.47. The zero-order valence-electron chi connectivity index (χ0n) is 20.4. The van der Waals surface area contributed by atoms with Crippen LogP contribution < -0.4 is 15.5 Å². The third kappa shape index (κ3) is 6.19. The van der Waals surface area contributed by atoms with Crippen molar-refractivity contribution in [3.63, 3.8) is 0 Å². The molecule has 0 saturated heterocycles. The van der Waals surface area contributed by atoms with Crippen LogP contribution in [0.3, 0.4) is 0 Å². The summed E-state index contributed by atoms with van der Waals surface area (Å²) >= 11 is 12.3. The molecule has 0 bridgehead atoms. The molecule has 0 aliphatic carbocycles. The molecule has 1 aliphatic rings. The number of methoxy groups -OCH3 is 1. The van der Waals surface area contributed by atoms with E-state index in [2.05, 4.69) is 9.97 Å². The summed E-state index contributed by atoms with van der Waals surface area (Å²) in [5, 5.41) is 0.781. The van der Waals surface area contributed by atoms with Crippen LogP contribution in [0, 0.1) is 0 Å². The number of rotatable bonds is 7. The van der Waals surface area contributed by atoms with Crippen LogP contribution in [-0.2, 0) is 30.2 Å². The van der Waals surface area contributed by atoms with E-state index in [0.717, 1.165) is 17.2 Å². The highest BCUT2D eigenvalue weighted by Gasteiger charge is 2.38. The lowest BCUT2D eigenvalue weighted by Gasteiger charge is -2.33. The first-order valence-electron chi connectivity index (χ1n) is 11.7. The van der Waals surface area contributed by atoms with E-state index in [9.17, 15) is 13.2 Å². The molecule has 0 radical (unpaired) electrons. The summed E-state index contributed by atoms with van der Waals surface area (Å²) in [5.74, 6) is 0.622. The van der Waals surface area contributed by atoms with Crippen molar-refractivity contribution in [3.05, 3.63) is 69.0 Å². The first-order chi connectivity index (χ1) is 17.6. The van der Waals surface area contributed by atoms with E-state index < -0.39 is 17.8 Å². The van der Waals surface area contributed by atoms with Gasteiger partial charge in [-0.25, -0.2) is 9.97 Å². The predicted molar refractivity (Wildman–Crippen MR) is 140 cm³/mol. The number of nitrogen functional groups attached to an aromatic ring is 1. The largest absolute Gasteiger partial charge is 0.419 e. The number of hydrogen-bond donors (Lipinski definition) is 1. The monoisotopic (exact) mass is 554 g/mol. The number of fused-ring (bicyclic) bond motifs is 1. The molecule has 3 heterocycles. The second-order valence-corrected chi connectivity index (χ2v) is 9.69. The van der Waals surface area contributed by atoms with Crippen LogP contribution in [0.15, 0.2) is 36.5 Å². The smallest absolute Gasteiger partial charge is 0.383 e. The number of benzene rings is 1. The van der Waals surface area contributed by atoms with Gasteiger partial charge in [-0.15, -0.1) is 0 Å². The fourth-order valence-corrected chi connectivity index (χ4v) is 4.79. The number of alkyl halides is 3. The minimum atomic E-state index is -4.56. The molecule has 7 nitrogen and oxygen atoms in total. The molecule has 0 spiro atoms. The summed E-state index contributed by atoms with van der Waals surface area (Å²) in [5.41, 5.74) is 7.81. The Balaban J connectivity index is 1.78. The number of nitrogens with zero attached hydrogens (tertiary/aromatic N) is 5. The number of ether oxygens (including phenoxy) is 1. The van der Waals surface area contributed by atoms with E-state index in [1.165, 1.54) is 12.3 Å². The number of nitrogens with two attached hydrogens (primary N) is 1. The Kier molecular flexibility index (Phi) is 8.30. The molecule has 2 aromatic heterocycles. The second-order valence-electron chi connectivity index (χ2n) is 8.87. The number of pyridine rings is 1. The van der Waals surface area contributed by atoms with Gasteiger partial charge in [0.15, 0.2) is 0 Å². The summed E-state index contributed by atoms with van der Waals surface area (Å²) in [6, 6.07) is 7.15. The minimum Gasteiger partial charge on any atom is -0.383 e. The maximum atomic E-state index is 14.0. The first kappa shape index (κ1) is 27.2. The van der Waals surface area contributed by atoms with Crippen molar-refractivity contribution in [2.75, 3.05) is 49.4 Å². The SMILES string of the molecule is COCCN(C)c1nc(N)c2c(n1)CC(Cc1ccc(Cl)c(Cl)c1)N(c1ncccc1C(F)(F)F)CC2. The van der Waals surface area contributed by atoms with E-state index in [1.807, 2.05) is 18.0 Å². The highest BCUT2D eigenvalue weighted by molar-refractivity contribution is 6.42. The summed E-state index contributed by atoms with van der Waals surface area (Å²) in [7, 11) is 3.44. The van der Waals surface area contributed by atoms with Gasteiger partial charge >= 0.3 is 6.18 Å². The van der Waals surface area contributed by atoms with E-state index in [-0.39, 0.29) is 12.4 Å². The van der Waals surface area contributed by atoms with Gasteiger partial charge in [-0.1, -0.05) is 29.3 Å². The molecule has 0 amide bonds. The van der Waals surface area contributed by atoms with E-state index in [1.54, 1.807) is 24.1 Å². The Bertz CT molecular complexity index is 1260. The number of hydrogen-bond acceptors (Lipinski definition) is 7. The molecule has 1 atom stereocenters. The normalized spacial score (nSPS) is 15.9. The molecule has 0 fully saturated rings. The van der Waals surface area contributed by atoms with Gasteiger partial charge in [-0.2, -0.15) is 18.2 Å². The zero-order valence-corrected chi connectivity index (χ0v) is 21.9. The van der Waals surface area contributed by atoms with Crippen LogP contribution in [0.25, 0.3) is 0 Å². The Labute approximate surface area is 223 Å². The van der Waals surface area contributed by atoms with Gasteiger partial charge in [0, 0.05) is 51.5 Å². The number of anilines is 3. The molecule has 37 heavy (non-hydrogen) atoms. The van der Waals surface area contributed by atoms with E-state index in [0.29, 0.717) is 59.9 Å². The lowest BCUT2D eigenvalue weighted by Crippen LogP contribution is -2.40. The van der Waals surface area contributed by atoms with Crippen LogP contribution >= 0.6 is 23.2 Å². The Morgan fingerprint density at radius 1 is 1.19 bits per heavy atom. The summed E-state index contributed by atoms with van der Waals surface area (Å²) < 4.78 is 47.1. The first-order valence-corrected chi connectivity index (χ1v) is 12.4. The van der Waals surface area contributed by atoms with Crippen molar-refractivity contribution in [2.45, 2.75) is 31.5 Å². The number of aromatic nitrogens is 3. The molecule has 1 unspecified atom stereocenters. The van der Waals surface area contributed by atoms with Crippen molar-refractivity contribution in [2.24, 2.45) is 0 Å². The van der Waals surface area contributed by atoms with Crippen molar-refractivity contribution in [3.8, 4) is 0 Å². The average molecular weight is 555 g/mol. The van der Waals surface area contributed by atoms with Crippen LogP contribution in [0.5, 0.6) is 0 Å². The van der Waals surface area contributed by atoms with Crippen LogP contribution in [0.1, 0.15) is 22.4 Å². The summed E-state index contributed by atoms with van der Waals surface area (Å²) in [6.07, 6.45) is -2.10. The van der Waals surface area contributed by atoms with E-state index in [4.69, 9.17) is 38.7 Å². The maximum absolute atomic E-state index is 14.0. The molecular weight excluding hydrogens is 528 g/mol. The maximum Gasteiger partial charge on any atom is 0.419 e. The van der Waals surface area contributed by atoms with Gasteiger partial charge < -0.3 is 20.3 Å². The van der Waals surface area contributed by atoms with E-state index >= 15 is 0 Å². The lowest BCUT2D eigenvalue weighted by atomic mass is 9.99. The van der Waals surface area contributed by atoms with Crippen molar-refractivity contribution in [1.82, 2.24) is 15.0 Å². The highest BCUT2D eigenvalue weighted by Crippen LogP contribution is 2.38. The standard InChI is InChI=1S/C25H27Cl2F3N6O/c1-35(10-11-37-2)24-33-21-14-16(12-15-5-6-19(26)20(27)13-15)36(9-7-17(21)22(31)34-24)23-18(25(28,29)30)4-3-8-32-23/h3-6,8,13,16H,7,9-12,14H2,1-2H3,(H2,31,33,34). The Morgan fingerprint density at radius 3 is 2.68 bits per heavy atom. The van der Waals surface area contributed by atoms with Crippen molar-refractivity contribution < 1.29 is 17.9 Å². The molecular formula is C25H27Cl2F3N6O. The molecule has 1 aliphatic heterocycles. The van der Waals surface area contributed by atoms with Gasteiger partial charge in [-0.05, 0) is 42.7 Å². The quantitative estimate of drug-likeness (QED) is 0.436. The third-order valence-electron chi connectivity index (χ3n) is 6.38. The third-order valence-corrected chi connectivity index (χ3v) is 7.12. The fraction of sp³-hybridized carbons (Fsp3) is 0.400. The van der Waals surface area contributed by atoms with Gasteiger partial charge in [-0.3, -0.25) is 0 Å². The van der Waals surface area contributed by atoms with Crippen LogP contribution in [0.4, 0.5) is 30.8 Å². The van der Waals surface area contributed by atoms with Gasteiger partial charge in [0.25, 0.3) is 0 Å². The molecule has 0 saturated carbocycles. The molecule has 198 valence electrons. The van der Waals surface area contributed by atoms with Gasteiger partial charge in [0.1, 0.15) is 11.6 Å². The summed E-state index contributed by atoms with van der Waals surface area (Å²) in [4.78, 5) is 16.9. The van der Waals surface area contributed by atoms with Crippen LogP contribution in [0.2, 0.25) is 10.0 Å². The topological polar surface area (TPSA) is 80.4 Å². The highest BCUT2D eigenvalue weighted by atomic mass is 35.5. The molecule has 2 N–H and O–H groups in total.